The Morgan fingerprint density at radius 1 is 1.19 bits per heavy atom. The van der Waals surface area contributed by atoms with Gasteiger partial charge < -0.3 is 20.9 Å². The van der Waals surface area contributed by atoms with Gasteiger partial charge in [0, 0.05) is 6.42 Å². The zero-order valence-electron chi connectivity index (χ0n) is 14.9. The van der Waals surface area contributed by atoms with Gasteiger partial charge in [-0.3, -0.25) is 0 Å². The van der Waals surface area contributed by atoms with E-state index in [4.69, 9.17) is 26.1 Å². The number of nitrogens with two attached hydrogens (primary N) is 3. The van der Waals surface area contributed by atoms with Crippen LogP contribution in [0.5, 0.6) is 11.5 Å². The fourth-order valence-corrected chi connectivity index (χ4v) is 3.26. The Hall–Kier alpha value is -2.59. The van der Waals surface area contributed by atoms with Crippen molar-refractivity contribution in [3.8, 4) is 11.5 Å². The van der Waals surface area contributed by atoms with Crippen LogP contribution in [0.25, 0.3) is 0 Å². The van der Waals surface area contributed by atoms with Gasteiger partial charge in [-0.2, -0.15) is 4.98 Å². The van der Waals surface area contributed by atoms with E-state index in [0.29, 0.717) is 12.2 Å². The Balaban J connectivity index is 2.29. The number of aromatic nitrogens is 2. The predicted molar refractivity (Wildman–Crippen MR) is 98.5 cm³/mol. The van der Waals surface area contributed by atoms with Crippen LogP contribution in [0.4, 0.5) is 11.8 Å². The number of anilines is 2. The minimum Gasteiger partial charge on any atom is -0.495 e. The molecule has 0 aliphatic carbocycles. The highest BCUT2D eigenvalue weighted by atomic mass is 32.2. The van der Waals surface area contributed by atoms with Crippen molar-refractivity contribution in [1.82, 2.24) is 9.97 Å². The molecule has 0 fully saturated rings. The molecule has 10 heteroatoms. The monoisotopic (exact) mass is 381 g/mol. The van der Waals surface area contributed by atoms with Gasteiger partial charge in [0.05, 0.1) is 19.9 Å². The zero-order chi connectivity index (χ0) is 19.5. The van der Waals surface area contributed by atoms with Gasteiger partial charge in [0.1, 0.15) is 10.6 Å². The first-order valence-corrected chi connectivity index (χ1v) is 9.42. The molecular formula is C16H23N5O4S. The van der Waals surface area contributed by atoms with Gasteiger partial charge in [-0.05, 0) is 29.2 Å². The second kappa shape index (κ2) is 7.75. The third-order valence-corrected chi connectivity index (χ3v) is 4.72. The second-order valence-electron chi connectivity index (χ2n) is 5.98. The van der Waals surface area contributed by atoms with E-state index in [0.717, 1.165) is 11.1 Å². The maximum Gasteiger partial charge on any atom is 0.241 e. The smallest absolute Gasteiger partial charge is 0.241 e. The van der Waals surface area contributed by atoms with E-state index in [1.807, 2.05) is 13.8 Å². The lowest BCUT2D eigenvalue weighted by molar-refractivity contribution is 0.320. The normalized spacial score (nSPS) is 11.6. The van der Waals surface area contributed by atoms with Crippen molar-refractivity contribution < 1.29 is 17.9 Å². The molecular weight excluding hydrogens is 358 g/mol. The van der Waals surface area contributed by atoms with Crippen molar-refractivity contribution in [3.63, 3.8) is 0 Å². The van der Waals surface area contributed by atoms with Gasteiger partial charge in [0.15, 0.2) is 11.6 Å². The molecule has 1 aromatic heterocycles. The fourth-order valence-electron chi connectivity index (χ4n) is 2.53. The molecule has 9 nitrogen and oxygen atoms in total. The van der Waals surface area contributed by atoms with E-state index in [2.05, 4.69) is 9.97 Å². The van der Waals surface area contributed by atoms with Crippen LogP contribution in [-0.2, 0) is 16.4 Å². The Labute approximate surface area is 152 Å². The third kappa shape index (κ3) is 4.52. The van der Waals surface area contributed by atoms with Crippen LogP contribution in [0, 0.1) is 0 Å². The molecule has 0 aliphatic rings. The van der Waals surface area contributed by atoms with E-state index in [1.165, 1.54) is 19.4 Å². The summed E-state index contributed by atoms with van der Waals surface area (Å²) in [6, 6.07) is 3.22. The maximum absolute atomic E-state index is 11.8. The number of hydrogen-bond donors (Lipinski definition) is 3. The SMILES string of the molecule is COc1cc(C(C)C)c(CCOc2cnc(N)nc2N)cc1S(N)(=O)=O. The van der Waals surface area contributed by atoms with Crippen molar-refractivity contribution in [2.75, 3.05) is 25.2 Å². The highest BCUT2D eigenvalue weighted by Crippen LogP contribution is 2.31. The molecule has 0 spiro atoms. The van der Waals surface area contributed by atoms with Gasteiger partial charge in [-0.25, -0.2) is 18.5 Å². The quantitative estimate of drug-likeness (QED) is 0.642. The van der Waals surface area contributed by atoms with Crippen molar-refractivity contribution >= 4 is 21.8 Å². The fraction of sp³-hybridized carbons (Fsp3) is 0.375. The number of rotatable bonds is 7. The molecule has 1 aromatic carbocycles. The largest absolute Gasteiger partial charge is 0.495 e. The topological polar surface area (TPSA) is 156 Å². The Morgan fingerprint density at radius 2 is 1.88 bits per heavy atom. The molecule has 0 saturated heterocycles. The standard InChI is InChI=1S/C16H23N5O4S/c1-9(2)11-7-12(24-3)14(26(19,22)23)6-10(11)4-5-25-13-8-20-16(18)21-15(13)17/h6-9H,4-5H2,1-3H3,(H2,19,22,23)(H4,17,18,20,21). The highest BCUT2D eigenvalue weighted by Gasteiger charge is 2.20. The Bertz CT molecular complexity index is 900. The first kappa shape index (κ1) is 19.7. The molecule has 0 amide bonds. The molecule has 0 unspecified atom stereocenters. The van der Waals surface area contributed by atoms with E-state index in [9.17, 15) is 8.42 Å². The summed E-state index contributed by atoms with van der Waals surface area (Å²) < 4.78 is 34.5. The highest BCUT2D eigenvalue weighted by molar-refractivity contribution is 7.89. The summed E-state index contributed by atoms with van der Waals surface area (Å²) >= 11 is 0. The predicted octanol–water partition coefficient (Wildman–Crippen LogP) is 1.04. The molecule has 0 atom stereocenters. The molecule has 26 heavy (non-hydrogen) atoms. The van der Waals surface area contributed by atoms with Crippen LogP contribution in [0.1, 0.15) is 30.9 Å². The number of nitrogen functional groups attached to an aromatic ring is 2. The van der Waals surface area contributed by atoms with Crippen LogP contribution in [0.3, 0.4) is 0 Å². The molecule has 142 valence electrons. The Morgan fingerprint density at radius 3 is 2.42 bits per heavy atom. The third-order valence-electron chi connectivity index (χ3n) is 3.78. The van der Waals surface area contributed by atoms with Crippen molar-refractivity contribution in [2.24, 2.45) is 5.14 Å². The Kier molecular flexibility index (Phi) is 5.88. The lowest BCUT2D eigenvalue weighted by Crippen LogP contribution is -2.15. The van der Waals surface area contributed by atoms with E-state index >= 15 is 0 Å². The van der Waals surface area contributed by atoms with Crippen molar-refractivity contribution in [2.45, 2.75) is 31.1 Å². The lowest BCUT2D eigenvalue weighted by atomic mass is 9.95. The molecule has 2 rings (SSSR count). The molecule has 0 saturated carbocycles. The number of nitrogens with zero attached hydrogens (tertiary/aromatic N) is 2. The van der Waals surface area contributed by atoms with Crippen LogP contribution in [-0.4, -0.2) is 32.1 Å². The van der Waals surface area contributed by atoms with E-state index in [1.54, 1.807) is 6.07 Å². The van der Waals surface area contributed by atoms with Crippen LogP contribution < -0.4 is 26.1 Å². The van der Waals surface area contributed by atoms with Crippen molar-refractivity contribution in [3.05, 3.63) is 29.5 Å². The molecule has 0 aliphatic heterocycles. The first-order valence-electron chi connectivity index (χ1n) is 7.88. The second-order valence-corrected chi connectivity index (χ2v) is 7.51. The first-order chi connectivity index (χ1) is 12.1. The number of ether oxygens (including phenoxy) is 2. The zero-order valence-corrected chi connectivity index (χ0v) is 15.7. The van der Waals surface area contributed by atoms with E-state index < -0.39 is 10.0 Å². The van der Waals surface area contributed by atoms with E-state index in [-0.39, 0.29) is 34.9 Å². The van der Waals surface area contributed by atoms with Gasteiger partial charge >= 0.3 is 0 Å². The summed E-state index contributed by atoms with van der Waals surface area (Å²) in [5, 5.41) is 5.30. The van der Waals surface area contributed by atoms with Crippen molar-refractivity contribution in [1.29, 1.82) is 0 Å². The number of primary sulfonamides is 1. The summed E-state index contributed by atoms with van der Waals surface area (Å²) in [6.07, 6.45) is 1.83. The minimum absolute atomic E-state index is 0.0601. The summed E-state index contributed by atoms with van der Waals surface area (Å²) in [4.78, 5) is 7.59. The average Bonchev–Trinajstić information content (AvgIpc) is 2.55. The number of hydrogen-bond acceptors (Lipinski definition) is 8. The molecule has 1 heterocycles. The molecule has 0 radical (unpaired) electrons. The summed E-state index contributed by atoms with van der Waals surface area (Å²) in [6.45, 7) is 4.25. The molecule has 0 bridgehead atoms. The van der Waals surface area contributed by atoms with Crippen LogP contribution in [0.15, 0.2) is 23.2 Å². The summed E-state index contributed by atoms with van der Waals surface area (Å²) in [5.74, 6) is 0.882. The van der Waals surface area contributed by atoms with Gasteiger partial charge in [-0.15, -0.1) is 0 Å². The lowest BCUT2D eigenvalue weighted by Gasteiger charge is -2.17. The van der Waals surface area contributed by atoms with Crippen LogP contribution >= 0.6 is 0 Å². The molecule has 6 N–H and O–H groups in total. The summed E-state index contributed by atoms with van der Waals surface area (Å²) in [5.41, 5.74) is 12.9. The van der Waals surface area contributed by atoms with Gasteiger partial charge in [0.2, 0.25) is 16.0 Å². The number of methoxy groups -OCH3 is 1. The van der Waals surface area contributed by atoms with Crippen LogP contribution in [0.2, 0.25) is 0 Å². The van der Waals surface area contributed by atoms with Gasteiger partial charge in [0.25, 0.3) is 0 Å². The number of benzene rings is 1. The molecule has 2 aromatic rings. The maximum atomic E-state index is 11.8. The summed E-state index contributed by atoms with van der Waals surface area (Å²) in [7, 11) is -2.52. The average molecular weight is 381 g/mol. The number of sulfonamides is 1. The van der Waals surface area contributed by atoms with Gasteiger partial charge in [-0.1, -0.05) is 13.8 Å². The minimum atomic E-state index is -3.92.